The third kappa shape index (κ3) is 5.67. The fraction of sp³-hybridized carbons (Fsp3) is 0.255. The Bertz CT molecular complexity index is 2420. The molecule has 0 amide bonds. The maximum atomic E-state index is 12.6. The highest BCUT2D eigenvalue weighted by Gasteiger charge is 2.42. The van der Waals surface area contributed by atoms with E-state index in [4.69, 9.17) is 12.3 Å². The summed E-state index contributed by atoms with van der Waals surface area (Å²) < 4.78 is 2.47. The van der Waals surface area contributed by atoms with E-state index < -0.39 is 0 Å². The molecule has 0 spiro atoms. The summed E-state index contributed by atoms with van der Waals surface area (Å²) in [6.45, 7) is 20.7. The first kappa shape index (κ1) is 35.3. The van der Waals surface area contributed by atoms with Crippen molar-refractivity contribution in [2.24, 2.45) is 0 Å². The molecule has 2 aliphatic rings. The van der Waals surface area contributed by atoms with Crippen LogP contribution < -0.4 is 10.6 Å². The normalized spacial score (nSPS) is 14.4. The molecule has 6 nitrogen and oxygen atoms in total. The molecule has 0 atom stereocenters. The molecular weight excluding hydrogens is 651 g/mol. The van der Waals surface area contributed by atoms with Crippen molar-refractivity contribution in [1.29, 1.82) is 5.26 Å². The SMILES string of the molecule is [C-]#[N+]/C(C#N)=C1\C(=C2c3ccccc3C(=[N+](CCC)CCC)c3ccccc32)C(O)=C1c1c2ccccc2c(N(CCC)CCC)c2cccc(N)c12. The summed E-state index contributed by atoms with van der Waals surface area (Å²) in [5, 5.41) is 27.0. The fourth-order valence-electron chi connectivity index (χ4n) is 8.58. The lowest BCUT2D eigenvalue weighted by Crippen LogP contribution is -2.30. The number of nitrogens with two attached hydrogens (primary N) is 1. The molecule has 0 fully saturated rings. The van der Waals surface area contributed by atoms with Gasteiger partial charge >= 0.3 is 0 Å². The molecule has 6 heteroatoms. The van der Waals surface area contributed by atoms with Crippen LogP contribution >= 0.6 is 0 Å². The molecule has 5 aromatic carbocycles. The molecule has 53 heavy (non-hydrogen) atoms. The average molecular weight is 697 g/mol. The van der Waals surface area contributed by atoms with Crippen LogP contribution in [0.15, 0.2) is 114 Å². The first-order valence-electron chi connectivity index (χ1n) is 18.9. The van der Waals surface area contributed by atoms with E-state index in [1.807, 2.05) is 36.4 Å². The zero-order valence-corrected chi connectivity index (χ0v) is 31.1. The Kier molecular flexibility index (Phi) is 9.90. The lowest BCUT2D eigenvalue weighted by atomic mass is 9.69. The van der Waals surface area contributed by atoms with E-state index in [-0.39, 0.29) is 11.5 Å². The summed E-state index contributed by atoms with van der Waals surface area (Å²) in [7, 11) is 0. The van der Waals surface area contributed by atoms with E-state index in [2.05, 4.69) is 103 Å². The molecule has 3 N–H and O–H groups in total. The van der Waals surface area contributed by atoms with Gasteiger partial charge in [-0.3, -0.25) is 0 Å². The summed E-state index contributed by atoms with van der Waals surface area (Å²) in [6.07, 6.45) is 4.00. The lowest BCUT2D eigenvalue weighted by Gasteiger charge is -2.35. The zero-order chi connectivity index (χ0) is 37.2. The quantitative estimate of drug-likeness (QED) is 0.0491. The number of aliphatic hydroxyl groups excluding tert-OH is 1. The van der Waals surface area contributed by atoms with Crippen LogP contribution in [-0.4, -0.2) is 41.6 Å². The van der Waals surface area contributed by atoms with Gasteiger partial charge in [0.25, 0.3) is 5.70 Å². The topological polar surface area (TPSA) is 80.7 Å². The van der Waals surface area contributed by atoms with Crippen LogP contribution in [0.5, 0.6) is 0 Å². The first-order valence-corrected chi connectivity index (χ1v) is 18.9. The maximum Gasteiger partial charge on any atom is 0.270 e. The van der Waals surface area contributed by atoms with Gasteiger partial charge in [-0.15, -0.1) is 0 Å². The molecule has 0 saturated heterocycles. The van der Waals surface area contributed by atoms with E-state index in [0.717, 1.165) is 112 Å². The predicted molar refractivity (Wildman–Crippen MR) is 220 cm³/mol. The van der Waals surface area contributed by atoms with E-state index in [1.54, 1.807) is 0 Å². The van der Waals surface area contributed by atoms with Crippen LogP contribution in [-0.2, 0) is 0 Å². The monoisotopic (exact) mass is 696 g/mol. The number of aliphatic hydroxyl groups is 1. The number of allylic oxidation sites excluding steroid dienone is 3. The number of rotatable bonds is 10. The number of fused-ring (bicyclic) bond motifs is 4. The summed E-state index contributed by atoms with van der Waals surface area (Å²) >= 11 is 0. The second-order valence-electron chi connectivity index (χ2n) is 13.9. The fourth-order valence-corrected chi connectivity index (χ4v) is 8.58. The van der Waals surface area contributed by atoms with Crippen molar-refractivity contribution >= 4 is 49.8 Å². The Hall–Kier alpha value is -6.11. The van der Waals surface area contributed by atoms with E-state index in [0.29, 0.717) is 22.4 Å². The molecule has 0 saturated carbocycles. The van der Waals surface area contributed by atoms with E-state index in [1.165, 1.54) is 5.71 Å². The van der Waals surface area contributed by atoms with Crippen LogP contribution in [0.4, 0.5) is 11.4 Å². The number of nitrogens with zero attached hydrogens (tertiary/aromatic N) is 4. The Morgan fingerprint density at radius 3 is 1.81 bits per heavy atom. The second kappa shape index (κ2) is 14.9. The smallest absolute Gasteiger partial charge is 0.270 e. The van der Waals surface area contributed by atoms with Crippen LogP contribution in [0.3, 0.4) is 0 Å². The molecule has 5 aromatic rings. The van der Waals surface area contributed by atoms with Crippen molar-refractivity contribution < 1.29 is 9.68 Å². The molecule has 0 unspecified atom stereocenters. The summed E-state index contributed by atoms with van der Waals surface area (Å²) in [5.41, 5.74) is 16.9. The molecule has 2 aliphatic carbocycles. The average Bonchev–Trinajstić information content (AvgIpc) is 3.18. The number of benzene rings is 5. The van der Waals surface area contributed by atoms with Gasteiger partial charge in [-0.05, 0) is 47.6 Å². The van der Waals surface area contributed by atoms with Gasteiger partial charge in [-0.1, -0.05) is 100 Å². The van der Waals surface area contributed by atoms with Crippen molar-refractivity contribution in [3.05, 3.63) is 153 Å². The number of hydrogen-bond donors (Lipinski definition) is 2. The van der Waals surface area contributed by atoms with Gasteiger partial charge in [0.15, 0.2) is 0 Å². The highest BCUT2D eigenvalue weighted by molar-refractivity contribution is 6.26. The van der Waals surface area contributed by atoms with E-state index >= 15 is 0 Å². The van der Waals surface area contributed by atoms with Gasteiger partial charge in [0.1, 0.15) is 18.8 Å². The van der Waals surface area contributed by atoms with Crippen molar-refractivity contribution in [3.63, 3.8) is 0 Å². The summed E-state index contributed by atoms with van der Waals surface area (Å²) in [6, 6.07) is 33.2. The molecule has 0 heterocycles. The van der Waals surface area contributed by atoms with Crippen molar-refractivity contribution in [3.8, 4) is 6.07 Å². The maximum absolute atomic E-state index is 12.6. The van der Waals surface area contributed by atoms with Gasteiger partial charge in [-0.25, -0.2) is 14.7 Å². The molecule has 0 radical (unpaired) electrons. The Morgan fingerprint density at radius 1 is 0.717 bits per heavy atom. The number of anilines is 2. The van der Waals surface area contributed by atoms with E-state index in [9.17, 15) is 10.4 Å². The molecular formula is C47H46N5O+. The van der Waals surface area contributed by atoms with Gasteiger partial charge in [0.2, 0.25) is 5.71 Å². The largest absolute Gasteiger partial charge is 0.507 e. The van der Waals surface area contributed by atoms with Crippen LogP contribution in [0.25, 0.3) is 37.5 Å². The molecule has 0 aliphatic heterocycles. The van der Waals surface area contributed by atoms with Gasteiger partial charge in [0.05, 0.1) is 29.5 Å². The standard InChI is InChI=1S/C47H45N5O/c1-6-25-51(26-7-2)45-33-20-13-10-17-30(33)39(31-18-11-14-21-34(31)45)43-42(38(29-48)50-5)44(47(43)53)41-32-19-12-15-22-35(32)46(52(27-8-3)28-9-4)36-23-16-24-37(49)40(36)41/h10-24H,6-9,25-28,49H2,1-4H3/p+1/b42-38+. The number of nitrogen functional groups attached to an aromatic ring is 1. The molecule has 264 valence electrons. The minimum Gasteiger partial charge on any atom is -0.507 e. The molecule has 0 bridgehead atoms. The third-order valence-electron chi connectivity index (χ3n) is 10.5. The van der Waals surface area contributed by atoms with Gasteiger partial charge < -0.3 is 15.7 Å². The Labute approximate surface area is 312 Å². The van der Waals surface area contributed by atoms with Crippen LogP contribution in [0.2, 0.25) is 0 Å². The predicted octanol–water partition coefficient (Wildman–Crippen LogP) is 10.7. The summed E-state index contributed by atoms with van der Waals surface area (Å²) in [4.78, 5) is 6.24. The van der Waals surface area contributed by atoms with Crippen molar-refractivity contribution in [1.82, 2.24) is 0 Å². The first-order chi connectivity index (χ1) is 25.9. The Morgan fingerprint density at radius 2 is 1.26 bits per heavy atom. The number of nitriles is 1. The minimum atomic E-state index is -0.0574. The summed E-state index contributed by atoms with van der Waals surface area (Å²) in [5.74, 6) is 0.0693. The minimum absolute atomic E-state index is 0.0574. The Balaban J connectivity index is 1.64. The second-order valence-corrected chi connectivity index (χ2v) is 13.9. The molecule has 0 aromatic heterocycles. The van der Waals surface area contributed by atoms with Gasteiger partial charge in [0, 0.05) is 75.6 Å². The highest BCUT2D eigenvalue weighted by atomic mass is 16.3. The van der Waals surface area contributed by atoms with Crippen LogP contribution in [0.1, 0.15) is 81.2 Å². The number of hydrogen-bond acceptors (Lipinski definition) is 4. The van der Waals surface area contributed by atoms with Gasteiger partial charge in [-0.2, -0.15) is 0 Å². The third-order valence-corrected chi connectivity index (χ3v) is 10.5. The van der Waals surface area contributed by atoms with Crippen LogP contribution in [0, 0.1) is 17.9 Å². The van der Waals surface area contributed by atoms with Crippen molar-refractivity contribution in [2.45, 2.75) is 53.4 Å². The lowest BCUT2D eigenvalue weighted by molar-refractivity contribution is -0.527. The van der Waals surface area contributed by atoms with Crippen molar-refractivity contribution in [2.75, 3.05) is 36.8 Å². The molecule has 7 rings (SSSR count). The zero-order valence-electron chi connectivity index (χ0n) is 31.1. The highest BCUT2D eigenvalue weighted by Crippen LogP contribution is 2.56.